The van der Waals surface area contributed by atoms with Crippen LogP contribution in [0, 0.1) is 5.41 Å². The number of hydrogen-bond acceptors (Lipinski definition) is 4. The maximum Gasteiger partial charge on any atom is 0.238 e. The Labute approximate surface area is 228 Å². The number of fused-ring (bicyclic) bond motifs is 2. The van der Waals surface area contributed by atoms with Crippen molar-refractivity contribution in [3.8, 4) is 0 Å². The summed E-state index contributed by atoms with van der Waals surface area (Å²) in [5.74, 6) is -0.750. The molecule has 2 fully saturated rings. The van der Waals surface area contributed by atoms with Crippen molar-refractivity contribution >= 4 is 40.7 Å². The first kappa shape index (κ1) is 26.5. The summed E-state index contributed by atoms with van der Waals surface area (Å²) in [4.78, 5) is 28.1. The molecule has 2 aromatic rings. The molecule has 2 aromatic carbocycles. The average Bonchev–Trinajstić information content (AvgIpc) is 3.29. The third-order valence-corrected chi connectivity index (χ3v) is 8.63. The Bertz CT molecular complexity index is 1210. The minimum Gasteiger partial charge on any atom is -0.393 e. The van der Waals surface area contributed by atoms with E-state index in [1.165, 1.54) is 0 Å². The van der Waals surface area contributed by atoms with Crippen LogP contribution in [0.4, 0.5) is 5.69 Å². The van der Waals surface area contributed by atoms with E-state index in [1.54, 1.807) is 12.1 Å². The van der Waals surface area contributed by atoms with Crippen LogP contribution in [0.5, 0.6) is 0 Å². The Morgan fingerprint density at radius 3 is 2.46 bits per heavy atom. The van der Waals surface area contributed by atoms with Gasteiger partial charge in [-0.1, -0.05) is 62.2 Å². The van der Waals surface area contributed by atoms with Crippen LogP contribution < -0.4 is 16.0 Å². The monoisotopic (exact) mass is 543 g/mol. The number of nitrogens with one attached hydrogen (secondary N) is 3. The molecule has 198 valence electrons. The maximum atomic E-state index is 14.1. The molecular formula is C29H35Cl2N3O3. The molecule has 0 radical (unpaired) electrons. The van der Waals surface area contributed by atoms with Gasteiger partial charge in [-0.15, -0.1) is 0 Å². The van der Waals surface area contributed by atoms with Crippen molar-refractivity contribution in [3.63, 3.8) is 0 Å². The molecule has 4 N–H and O–H groups in total. The van der Waals surface area contributed by atoms with Crippen LogP contribution in [0.1, 0.15) is 69.9 Å². The fourth-order valence-electron chi connectivity index (χ4n) is 6.63. The van der Waals surface area contributed by atoms with Gasteiger partial charge in [0.05, 0.1) is 12.1 Å². The van der Waals surface area contributed by atoms with Crippen LogP contribution in [0.2, 0.25) is 10.0 Å². The molecule has 0 bridgehead atoms. The second-order valence-electron chi connectivity index (χ2n) is 12.0. The number of hydrogen-bond donors (Lipinski definition) is 4. The minimum absolute atomic E-state index is 0.00109. The quantitative estimate of drug-likeness (QED) is 0.428. The molecule has 4 atom stereocenters. The normalized spacial score (nSPS) is 31.3. The van der Waals surface area contributed by atoms with Gasteiger partial charge in [-0.05, 0) is 72.9 Å². The van der Waals surface area contributed by atoms with Gasteiger partial charge in [0.1, 0.15) is 5.41 Å². The Hall–Kier alpha value is -2.12. The Balaban J connectivity index is 1.64. The van der Waals surface area contributed by atoms with E-state index >= 15 is 0 Å². The number of carbonyl (C=O) groups is 2. The molecule has 2 aliphatic heterocycles. The summed E-state index contributed by atoms with van der Waals surface area (Å²) in [6.07, 6.45) is 3.20. The third-order valence-electron chi connectivity index (χ3n) is 8.16. The number of aliphatic hydroxyl groups excluding tert-OH is 1. The van der Waals surface area contributed by atoms with Gasteiger partial charge in [0.2, 0.25) is 11.8 Å². The molecule has 1 spiro atoms. The van der Waals surface area contributed by atoms with E-state index < -0.39 is 17.4 Å². The SMILES string of the molecule is CC(C)(C)C[C@H]1N[C@@H](C(=O)N[C@H]2CC[C@H](O)CC2)[C@H](c2cccc(Cl)c2)[C@@]12C(=O)Nc1cc(Cl)ccc12. The molecule has 0 unspecified atom stereocenters. The first-order valence-corrected chi connectivity index (χ1v) is 13.9. The van der Waals surface area contributed by atoms with Crippen LogP contribution in [-0.2, 0) is 15.0 Å². The van der Waals surface area contributed by atoms with Gasteiger partial charge < -0.3 is 21.1 Å². The maximum absolute atomic E-state index is 14.1. The summed E-state index contributed by atoms with van der Waals surface area (Å²) >= 11 is 12.8. The number of amides is 2. The molecule has 2 heterocycles. The van der Waals surface area contributed by atoms with Gasteiger partial charge in [-0.25, -0.2) is 0 Å². The van der Waals surface area contributed by atoms with E-state index in [0.29, 0.717) is 35.0 Å². The fourth-order valence-corrected chi connectivity index (χ4v) is 7.00. The van der Waals surface area contributed by atoms with Gasteiger partial charge in [0, 0.05) is 33.7 Å². The zero-order chi connectivity index (χ0) is 26.5. The second-order valence-corrected chi connectivity index (χ2v) is 12.9. The second kappa shape index (κ2) is 9.88. The molecule has 3 aliphatic rings. The highest BCUT2D eigenvalue weighted by Crippen LogP contribution is 2.56. The first-order chi connectivity index (χ1) is 17.5. The number of aliphatic hydroxyl groups is 1. The molecule has 37 heavy (non-hydrogen) atoms. The van der Waals surface area contributed by atoms with Crippen molar-refractivity contribution in [1.29, 1.82) is 0 Å². The molecule has 6 nitrogen and oxygen atoms in total. The lowest BCUT2D eigenvalue weighted by atomic mass is 9.62. The average molecular weight is 545 g/mol. The first-order valence-electron chi connectivity index (χ1n) is 13.1. The van der Waals surface area contributed by atoms with E-state index in [0.717, 1.165) is 24.0 Å². The number of rotatable bonds is 4. The zero-order valence-corrected chi connectivity index (χ0v) is 23.0. The molecule has 0 aromatic heterocycles. The van der Waals surface area contributed by atoms with E-state index in [-0.39, 0.29) is 35.4 Å². The molecular weight excluding hydrogens is 509 g/mol. The highest BCUT2D eigenvalue weighted by molar-refractivity contribution is 6.31. The fraction of sp³-hybridized carbons (Fsp3) is 0.517. The summed E-state index contributed by atoms with van der Waals surface area (Å²) in [6, 6.07) is 12.1. The predicted molar refractivity (Wildman–Crippen MR) is 147 cm³/mol. The van der Waals surface area contributed by atoms with E-state index in [2.05, 4.69) is 36.7 Å². The lowest BCUT2D eigenvalue weighted by molar-refractivity contribution is -0.124. The Morgan fingerprint density at radius 2 is 1.78 bits per heavy atom. The summed E-state index contributed by atoms with van der Waals surface area (Å²) in [7, 11) is 0. The number of anilines is 1. The molecule has 8 heteroatoms. The van der Waals surface area contributed by atoms with Crippen molar-refractivity contribution < 1.29 is 14.7 Å². The van der Waals surface area contributed by atoms with Gasteiger partial charge in [-0.3, -0.25) is 9.59 Å². The Kier molecular flexibility index (Phi) is 7.07. The summed E-state index contributed by atoms with van der Waals surface area (Å²) in [5, 5.41) is 21.0. The van der Waals surface area contributed by atoms with Gasteiger partial charge in [0.15, 0.2) is 0 Å². The van der Waals surface area contributed by atoms with Gasteiger partial charge >= 0.3 is 0 Å². The molecule has 5 rings (SSSR count). The summed E-state index contributed by atoms with van der Waals surface area (Å²) < 4.78 is 0. The molecule has 1 saturated carbocycles. The van der Waals surface area contributed by atoms with E-state index in [1.807, 2.05) is 30.3 Å². The Morgan fingerprint density at radius 1 is 1.08 bits per heavy atom. The minimum atomic E-state index is -1.03. The van der Waals surface area contributed by atoms with Crippen molar-refractivity contribution in [1.82, 2.24) is 10.6 Å². The molecule has 1 saturated heterocycles. The largest absolute Gasteiger partial charge is 0.393 e. The molecule has 1 aliphatic carbocycles. The van der Waals surface area contributed by atoms with Crippen LogP contribution in [-0.4, -0.2) is 41.2 Å². The van der Waals surface area contributed by atoms with Crippen LogP contribution in [0.25, 0.3) is 0 Å². The van der Waals surface area contributed by atoms with Gasteiger partial charge in [0.25, 0.3) is 0 Å². The van der Waals surface area contributed by atoms with E-state index in [4.69, 9.17) is 23.2 Å². The lowest BCUT2D eigenvalue weighted by Gasteiger charge is -2.37. The van der Waals surface area contributed by atoms with Crippen molar-refractivity contribution in [2.75, 3.05) is 5.32 Å². The smallest absolute Gasteiger partial charge is 0.238 e. The lowest BCUT2D eigenvalue weighted by Crippen LogP contribution is -2.49. The highest BCUT2D eigenvalue weighted by Gasteiger charge is 2.65. The van der Waals surface area contributed by atoms with Crippen molar-refractivity contribution in [2.24, 2.45) is 5.41 Å². The number of carbonyl (C=O) groups excluding carboxylic acids is 2. The van der Waals surface area contributed by atoms with Crippen LogP contribution in [0.15, 0.2) is 42.5 Å². The third kappa shape index (κ3) is 4.89. The standard InChI is InChI=1S/C29H35Cl2N3O3/c1-28(2,3)15-23-29(21-12-7-18(31)14-22(21)33-27(29)37)24(16-5-4-6-17(30)13-16)25(34-23)26(36)32-19-8-10-20(35)11-9-19/h4-7,12-14,19-20,23-25,34-35H,8-11,15H2,1-3H3,(H,32,36)(H,33,37)/t19-,20-,23-,24+,25-,29+/m1/s1. The van der Waals surface area contributed by atoms with E-state index in [9.17, 15) is 14.7 Å². The highest BCUT2D eigenvalue weighted by atomic mass is 35.5. The zero-order valence-electron chi connectivity index (χ0n) is 21.5. The summed E-state index contributed by atoms with van der Waals surface area (Å²) in [6.45, 7) is 6.44. The summed E-state index contributed by atoms with van der Waals surface area (Å²) in [5.41, 5.74) is 1.25. The van der Waals surface area contributed by atoms with Gasteiger partial charge in [-0.2, -0.15) is 0 Å². The number of halogens is 2. The number of benzene rings is 2. The topological polar surface area (TPSA) is 90.5 Å². The molecule has 2 amide bonds. The van der Waals surface area contributed by atoms with Crippen molar-refractivity contribution in [3.05, 3.63) is 63.6 Å². The predicted octanol–water partition coefficient (Wildman–Crippen LogP) is 5.16. The van der Waals surface area contributed by atoms with Crippen LogP contribution >= 0.6 is 23.2 Å². The van der Waals surface area contributed by atoms with Crippen molar-refractivity contribution in [2.45, 2.75) is 88.4 Å². The van der Waals surface area contributed by atoms with Crippen LogP contribution in [0.3, 0.4) is 0 Å².